The number of hydrogen-bond acceptors (Lipinski definition) is 4. The zero-order chi connectivity index (χ0) is 25.0. The fourth-order valence-corrected chi connectivity index (χ4v) is 5.86. The van der Waals surface area contributed by atoms with E-state index >= 15 is 0 Å². The Morgan fingerprint density at radius 3 is 1.49 bits per heavy atom. The van der Waals surface area contributed by atoms with Gasteiger partial charge in [0.25, 0.3) is 0 Å². The summed E-state index contributed by atoms with van der Waals surface area (Å²) in [7, 11) is 0. The van der Waals surface area contributed by atoms with Crippen LogP contribution in [0, 0.1) is 13.8 Å². The molecule has 4 aromatic rings. The van der Waals surface area contributed by atoms with Crippen molar-refractivity contribution >= 4 is 0 Å². The highest BCUT2D eigenvalue weighted by atomic mass is 16.6. The molecule has 3 aliphatic rings. The van der Waals surface area contributed by atoms with Crippen molar-refractivity contribution in [3.05, 3.63) is 118 Å². The molecule has 2 aliphatic heterocycles. The lowest BCUT2D eigenvalue weighted by Gasteiger charge is -2.36. The van der Waals surface area contributed by atoms with Crippen molar-refractivity contribution < 1.29 is 18.9 Å². The molecule has 0 saturated carbocycles. The van der Waals surface area contributed by atoms with Gasteiger partial charge in [0.2, 0.25) is 0 Å². The van der Waals surface area contributed by atoms with Crippen LogP contribution >= 0.6 is 0 Å². The van der Waals surface area contributed by atoms with Crippen molar-refractivity contribution in [3.8, 4) is 22.6 Å². The maximum absolute atomic E-state index is 6.20. The molecule has 0 radical (unpaired) electrons. The Kier molecular flexibility index (Phi) is 5.35. The highest BCUT2D eigenvalue weighted by Gasteiger charge is 2.47. The van der Waals surface area contributed by atoms with Gasteiger partial charge in [-0.05, 0) is 82.6 Å². The van der Waals surface area contributed by atoms with Crippen molar-refractivity contribution in [2.75, 3.05) is 26.4 Å². The molecule has 0 bridgehead atoms. The van der Waals surface area contributed by atoms with E-state index in [0.717, 1.165) is 24.7 Å². The van der Waals surface area contributed by atoms with Crippen molar-refractivity contribution in [1.82, 2.24) is 0 Å². The first-order valence-electron chi connectivity index (χ1n) is 13.0. The van der Waals surface area contributed by atoms with E-state index in [1.807, 2.05) is 0 Å². The van der Waals surface area contributed by atoms with Crippen LogP contribution in [0.5, 0.6) is 11.5 Å². The van der Waals surface area contributed by atoms with Crippen molar-refractivity contribution in [3.63, 3.8) is 0 Å². The number of epoxide rings is 2. The van der Waals surface area contributed by atoms with E-state index in [0.29, 0.717) is 13.2 Å². The number of rotatable bonds is 8. The summed E-state index contributed by atoms with van der Waals surface area (Å²) >= 11 is 0. The Bertz CT molecular complexity index is 1370. The molecule has 2 atom stereocenters. The molecule has 2 saturated heterocycles. The van der Waals surface area contributed by atoms with Gasteiger partial charge in [0.15, 0.2) is 0 Å². The van der Waals surface area contributed by atoms with Gasteiger partial charge in [-0.1, -0.05) is 60.7 Å². The molecule has 37 heavy (non-hydrogen) atoms. The second-order valence-electron chi connectivity index (χ2n) is 10.3. The molecule has 4 nitrogen and oxygen atoms in total. The third kappa shape index (κ3) is 3.83. The van der Waals surface area contributed by atoms with Crippen LogP contribution in [0.15, 0.2) is 84.9 Å². The average Bonchev–Trinajstić information content (AvgIpc) is 3.86. The van der Waals surface area contributed by atoms with Crippen LogP contribution in [0.4, 0.5) is 0 Å². The van der Waals surface area contributed by atoms with Crippen molar-refractivity contribution in [2.45, 2.75) is 31.5 Å². The molecule has 0 N–H and O–H groups in total. The molecular formula is C33H30O4. The number of fused-ring (bicyclic) bond motifs is 3. The van der Waals surface area contributed by atoms with Crippen LogP contribution in [0.2, 0.25) is 0 Å². The molecule has 186 valence electrons. The Balaban J connectivity index is 1.48. The van der Waals surface area contributed by atoms with Crippen molar-refractivity contribution in [2.24, 2.45) is 0 Å². The first-order chi connectivity index (χ1) is 18.1. The minimum absolute atomic E-state index is 0.207. The second kappa shape index (κ2) is 8.76. The maximum atomic E-state index is 6.20. The molecule has 2 heterocycles. The van der Waals surface area contributed by atoms with Gasteiger partial charge < -0.3 is 18.9 Å². The fourth-order valence-electron chi connectivity index (χ4n) is 5.86. The summed E-state index contributed by atoms with van der Waals surface area (Å²) < 4.78 is 23.2. The molecule has 0 aromatic heterocycles. The van der Waals surface area contributed by atoms with Gasteiger partial charge in [0, 0.05) is 0 Å². The molecule has 7 rings (SSSR count). The van der Waals surface area contributed by atoms with E-state index in [9.17, 15) is 0 Å². The predicted octanol–water partition coefficient (Wildman–Crippen LogP) is 6.22. The van der Waals surface area contributed by atoms with Gasteiger partial charge in [-0.25, -0.2) is 0 Å². The molecule has 4 aromatic carbocycles. The van der Waals surface area contributed by atoms with Gasteiger partial charge in [-0.2, -0.15) is 0 Å². The first kappa shape index (κ1) is 22.6. The van der Waals surface area contributed by atoms with Crippen LogP contribution in [0.1, 0.15) is 33.4 Å². The Morgan fingerprint density at radius 2 is 1.05 bits per heavy atom. The van der Waals surface area contributed by atoms with E-state index in [4.69, 9.17) is 18.9 Å². The zero-order valence-electron chi connectivity index (χ0n) is 21.2. The molecule has 0 amide bonds. The summed E-state index contributed by atoms with van der Waals surface area (Å²) in [5.41, 5.74) is 9.50. The molecule has 1 aliphatic carbocycles. The van der Waals surface area contributed by atoms with E-state index in [1.54, 1.807) is 0 Å². The smallest absolute Gasteiger partial charge is 0.119 e. The van der Waals surface area contributed by atoms with Crippen LogP contribution in [0.25, 0.3) is 11.1 Å². The van der Waals surface area contributed by atoms with Gasteiger partial charge >= 0.3 is 0 Å². The summed E-state index contributed by atoms with van der Waals surface area (Å²) in [6.07, 6.45) is 0.413. The quantitative estimate of drug-likeness (QED) is 0.242. The Hall–Kier alpha value is -3.60. The number of aryl methyl sites for hydroxylation is 2. The molecule has 4 heteroatoms. The van der Waals surface area contributed by atoms with Crippen LogP contribution in [-0.2, 0) is 14.9 Å². The highest BCUT2D eigenvalue weighted by molar-refractivity contribution is 5.87. The molecular weight excluding hydrogens is 460 g/mol. The summed E-state index contributed by atoms with van der Waals surface area (Å²) in [5.74, 6) is 1.74. The van der Waals surface area contributed by atoms with Crippen LogP contribution < -0.4 is 9.47 Å². The minimum atomic E-state index is -0.508. The highest BCUT2D eigenvalue weighted by Crippen LogP contribution is 2.58. The normalized spacial score (nSPS) is 20.2. The largest absolute Gasteiger partial charge is 0.491 e. The first-order valence-corrected chi connectivity index (χ1v) is 13.0. The van der Waals surface area contributed by atoms with E-state index in [2.05, 4.69) is 98.8 Å². The third-order valence-electron chi connectivity index (χ3n) is 7.85. The van der Waals surface area contributed by atoms with E-state index in [-0.39, 0.29) is 12.2 Å². The number of hydrogen-bond donors (Lipinski definition) is 0. The van der Waals surface area contributed by atoms with Crippen LogP contribution in [-0.4, -0.2) is 38.6 Å². The van der Waals surface area contributed by atoms with Crippen LogP contribution in [0.3, 0.4) is 0 Å². The standard InChI is InChI=1S/C33H30O4/c1-21-11-13-23(34-17-25-19-36-25)15-31(21)33(32-16-24(14-12-22(32)2)35-18-26-20-37-26)29-9-5-3-7-27(29)28-8-4-6-10-30(28)33/h3-16,25-26H,17-20H2,1-2H3. The molecule has 2 unspecified atom stereocenters. The maximum Gasteiger partial charge on any atom is 0.119 e. The van der Waals surface area contributed by atoms with Gasteiger partial charge in [-0.3, -0.25) is 0 Å². The summed E-state index contributed by atoms with van der Waals surface area (Å²) in [5, 5.41) is 0. The lowest BCUT2D eigenvalue weighted by atomic mass is 9.65. The summed E-state index contributed by atoms with van der Waals surface area (Å²) in [6, 6.07) is 30.6. The SMILES string of the molecule is Cc1ccc(OCC2CO2)cc1C1(c2cc(OCC3CO3)ccc2C)c2ccccc2-c2ccccc21. The second-order valence-corrected chi connectivity index (χ2v) is 10.3. The zero-order valence-corrected chi connectivity index (χ0v) is 21.2. The summed E-state index contributed by atoms with van der Waals surface area (Å²) in [6.45, 7) is 7.12. The summed E-state index contributed by atoms with van der Waals surface area (Å²) in [4.78, 5) is 0. The van der Waals surface area contributed by atoms with Gasteiger partial charge in [-0.15, -0.1) is 0 Å². The monoisotopic (exact) mass is 490 g/mol. The number of ether oxygens (including phenoxy) is 4. The van der Waals surface area contributed by atoms with E-state index in [1.165, 1.54) is 44.5 Å². The third-order valence-corrected chi connectivity index (χ3v) is 7.85. The van der Waals surface area contributed by atoms with E-state index < -0.39 is 5.41 Å². The predicted molar refractivity (Wildman–Crippen MR) is 144 cm³/mol. The topological polar surface area (TPSA) is 43.5 Å². The Morgan fingerprint density at radius 1 is 0.622 bits per heavy atom. The number of benzene rings is 4. The molecule has 2 fully saturated rings. The van der Waals surface area contributed by atoms with Crippen molar-refractivity contribution in [1.29, 1.82) is 0 Å². The lowest BCUT2D eigenvalue weighted by molar-refractivity contribution is 0.262. The fraction of sp³-hybridized carbons (Fsp3) is 0.273. The lowest BCUT2D eigenvalue weighted by Crippen LogP contribution is -2.30. The van der Waals surface area contributed by atoms with Gasteiger partial charge in [0.1, 0.15) is 36.9 Å². The van der Waals surface area contributed by atoms with Gasteiger partial charge in [0.05, 0.1) is 18.6 Å². The minimum Gasteiger partial charge on any atom is -0.491 e. The average molecular weight is 491 g/mol. The molecule has 0 spiro atoms. The Labute approximate surface area is 217 Å².